The Hall–Kier alpha value is -0.980. The minimum atomic E-state index is -0.689. The molecule has 0 saturated heterocycles. The zero-order valence-corrected chi connectivity index (χ0v) is 11.2. The summed E-state index contributed by atoms with van der Waals surface area (Å²) in [6, 6.07) is 0. The van der Waals surface area contributed by atoms with Crippen LogP contribution in [0.15, 0.2) is 5.38 Å². The van der Waals surface area contributed by atoms with Crippen molar-refractivity contribution in [1.29, 1.82) is 0 Å². The second-order valence-electron chi connectivity index (χ2n) is 3.73. The number of hydrogen-bond acceptors (Lipinski definition) is 5. The molecule has 2 aromatic rings. The highest BCUT2D eigenvalue weighted by atomic mass is 35.5. The number of aliphatic hydroxyl groups is 1. The molecule has 0 saturated carbocycles. The summed E-state index contributed by atoms with van der Waals surface area (Å²) in [4.78, 5) is 0. The van der Waals surface area contributed by atoms with Crippen LogP contribution < -0.4 is 0 Å². The number of nitrogens with zero attached hydrogens (tertiary/aromatic N) is 4. The minimum Gasteiger partial charge on any atom is -0.386 e. The van der Waals surface area contributed by atoms with Crippen molar-refractivity contribution in [1.82, 2.24) is 19.4 Å². The second kappa shape index (κ2) is 5.12. The molecular weight excluding hydrogens is 260 g/mol. The van der Waals surface area contributed by atoms with Crippen molar-refractivity contribution < 1.29 is 5.11 Å². The van der Waals surface area contributed by atoms with Gasteiger partial charge in [-0.15, -0.1) is 5.10 Å². The van der Waals surface area contributed by atoms with Crippen molar-refractivity contribution in [2.75, 3.05) is 0 Å². The maximum Gasteiger partial charge on any atom is 0.104 e. The topological polar surface area (TPSA) is 63.8 Å². The molecule has 0 spiro atoms. The fourth-order valence-corrected chi connectivity index (χ4v) is 2.52. The molecule has 0 aliphatic heterocycles. The fourth-order valence-electron chi connectivity index (χ4n) is 1.65. The lowest BCUT2D eigenvalue weighted by Gasteiger charge is -2.07. The molecule has 2 heterocycles. The van der Waals surface area contributed by atoms with Gasteiger partial charge >= 0.3 is 0 Å². The number of aliphatic hydroxyl groups excluding tert-OH is 1. The van der Waals surface area contributed by atoms with E-state index in [1.165, 1.54) is 11.5 Å². The van der Waals surface area contributed by atoms with Gasteiger partial charge in [-0.3, -0.25) is 4.68 Å². The monoisotopic (exact) mass is 272 g/mol. The lowest BCUT2D eigenvalue weighted by Crippen LogP contribution is -2.07. The first-order valence-electron chi connectivity index (χ1n) is 5.28. The first-order valence-corrected chi connectivity index (χ1v) is 6.50. The molecule has 0 aliphatic rings. The molecule has 2 rings (SSSR count). The number of aromatic nitrogens is 4. The smallest absolute Gasteiger partial charge is 0.104 e. The Morgan fingerprint density at radius 3 is 2.88 bits per heavy atom. The third-order valence-electron chi connectivity index (χ3n) is 2.61. The molecule has 92 valence electrons. The van der Waals surface area contributed by atoms with Crippen molar-refractivity contribution in [3.05, 3.63) is 27.5 Å². The van der Waals surface area contributed by atoms with E-state index in [0.717, 1.165) is 17.8 Å². The van der Waals surface area contributed by atoms with Gasteiger partial charge in [-0.25, -0.2) is 0 Å². The van der Waals surface area contributed by atoms with Crippen LogP contribution in [0, 0.1) is 0 Å². The minimum absolute atomic E-state index is 0.397. The van der Waals surface area contributed by atoms with Crippen molar-refractivity contribution in [3.8, 4) is 0 Å². The molecule has 1 N–H and O–H groups in total. The van der Waals surface area contributed by atoms with Crippen molar-refractivity contribution in [2.45, 2.75) is 25.9 Å². The van der Waals surface area contributed by atoms with Crippen LogP contribution in [0.4, 0.5) is 0 Å². The van der Waals surface area contributed by atoms with Gasteiger partial charge in [0, 0.05) is 18.8 Å². The number of hydrogen-bond donors (Lipinski definition) is 1. The highest BCUT2D eigenvalue weighted by Gasteiger charge is 2.19. The maximum absolute atomic E-state index is 10.00. The summed E-state index contributed by atoms with van der Waals surface area (Å²) in [5, 5.41) is 20.5. The summed E-state index contributed by atoms with van der Waals surface area (Å²) >= 11 is 7.43. The van der Waals surface area contributed by atoms with E-state index in [1.54, 1.807) is 10.1 Å². The SMILES string of the molecule is CCc1nn(C)c(CC(O)c2csnn2)c1Cl. The summed E-state index contributed by atoms with van der Waals surface area (Å²) in [6.07, 6.45) is 0.487. The molecule has 0 bridgehead atoms. The predicted molar refractivity (Wildman–Crippen MR) is 66.2 cm³/mol. The van der Waals surface area contributed by atoms with Crippen LogP contribution >= 0.6 is 23.1 Å². The van der Waals surface area contributed by atoms with Gasteiger partial charge in [-0.2, -0.15) is 5.10 Å². The van der Waals surface area contributed by atoms with Crippen LogP contribution in [-0.2, 0) is 19.9 Å². The van der Waals surface area contributed by atoms with E-state index >= 15 is 0 Å². The molecule has 0 aromatic carbocycles. The van der Waals surface area contributed by atoms with Gasteiger partial charge in [0.25, 0.3) is 0 Å². The molecule has 7 heteroatoms. The van der Waals surface area contributed by atoms with E-state index in [9.17, 15) is 5.11 Å². The van der Waals surface area contributed by atoms with Gasteiger partial charge in [0.05, 0.1) is 16.4 Å². The Labute approximate surface area is 108 Å². The van der Waals surface area contributed by atoms with Crippen LogP contribution in [0.1, 0.15) is 30.1 Å². The lowest BCUT2D eigenvalue weighted by atomic mass is 10.1. The normalized spacial score (nSPS) is 12.9. The highest BCUT2D eigenvalue weighted by molar-refractivity contribution is 7.03. The summed E-state index contributed by atoms with van der Waals surface area (Å²) in [6.45, 7) is 2.00. The second-order valence-corrected chi connectivity index (χ2v) is 4.72. The molecule has 1 unspecified atom stereocenters. The Morgan fingerprint density at radius 1 is 1.59 bits per heavy atom. The third kappa shape index (κ3) is 2.48. The summed E-state index contributed by atoms with van der Waals surface area (Å²) in [7, 11) is 1.83. The third-order valence-corrected chi connectivity index (χ3v) is 3.57. The predicted octanol–water partition coefficient (Wildman–Crippen LogP) is 1.76. The molecule has 0 aliphatic carbocycles. The van der Waals surface area contributed by atoms with E-state index < -0.39 is 6.10 Å². The van der Waals surface area contributed by atoms with E-state index in [2.05, 4.69) is 14.7 Å². The first kappa shape index (κ1) is 12.5. The van der Waals surface area contributed by atoms with E-state index in [1.807, 2.05) is 14.0 Å². The van der Waals surface area contributed by atoms with Crippen molar-refractivity contribution in [2.24, 2.45) is 7.05 Å². The van der Waals surface area contributed by atoms with Crippen LogP contribution in [0.2, 0.25) is 5.02 Å². The van der Waals surface area contributed by atoms with Crippen molar-refractivity contribution in [3.63, 3.8) is 0 Å². The average molecular weight is 273 g/mol. The molecule has 1 atom stereocenters. The van der Waals surface area contributed by atoms with Gasteiger partial charge in [0.1, 0.15) is 11.8 Å². The van der Waals surface area contributed by atoms with Gasteiger partial charge in [0.15, 0.2) is 0 Å². The van der Waals surface area contributed by atoms with Crippen LogP contribution in [0.25, 0.3) is 0 Å². The fraction of sp³-hybridized carbons (Fsp3) is 0.500. The first-order chi connectivity index (χ1) is 8.13. The van der Waals surface area contributed by atoms with Crippen LogP contribution in [0.5, 0.6) is 0 Å². The average Bonchev–Trinajstić information content (AvgIpc) is 2.92. The summed E-state index contributed by atoms with van der Waals surface area (Å²) < 4.78 is 5.44. The van der Waals surface area contributed by atoms with Gasteiger partial charge in [-0.05, 0) is 18.0 Å². The van der Waals surface area contributed by atoms with Gasteiger partial charge < -0.3 is 5.11 Å². The molecule has 0 amide bonds. The largest absolute Gasteiger partial charge is 0.386 e. The van der Waals surface area contributed by atoms with Crippen molar-refractivity contribution >= 4 is 23.1 Å². The highest BCUT2D eigenvalue weighted by Crippen LogP contribution is 2.25. The standard InChI is InChI=1S/C10H13ClN4OS/c1-3-6-10(11)8(15(2)13-6)4-9(16)7-5-17-14-12-7/h5,9,16H,3-4H2,1-2H3. The summed E-state index contributed by atoms with van der Waals surface area (Å²) in [5.41, 5.74) is 2.25. The Morgan fingerprint density at radius 2 is 2.35 bits per heavy atom. The summed E-state index contributed by atoms with van der Waals surface area (Å²) in [5.74, 6) is 0. The Balaban J connectivity index is 2.21. The number of rotatable bonds is 4. The molecule has 5 nitrogen and oxygen atoms in total. The van der Waals surface area contributed by atoms with Crippen LogP contribution in [-0.4, -0.2) is 24.5 Å². The lowest BCUT2D eigenvalue weighted by molar-refractivity contribution is 0.171. The molecule has 17 heavy (non-hydrogen) atoms. The van der Waals surface area contributed by atoms with E-state index in [-0.39, 0.29) is 0 Å². The molecular formula is C10H13ClN4OS. The number of halogens is 1. The van der Waals surface area contributed by atoms with Crippen LogP contribution in [0.3, 0.4) is 0 Å². The zero-order valence-electron chi connectivity index (χ0n) is 9.59. The number of aryl methyl sites for hydroxylation is 2. The zero-order chi connectivity index (χ0) is 12.4. The maximum atomic E-state index is 10.00. The quantitative estimate of drug-likeness (QED) is 0.921. The van der Waals surface area contributed by atoms with E-state index in [0.29, 0.717) is 17.1 Å². The van der Waals surface area contributed by atoms with E-state index in [4.69, 9.17) is 11.6 Å². The Kier molecular flexibility index (Phi) is 3.76. The van der Waals surface area contributed by atoms with Gasteiger partial charge in [-0.1, -0.05) is 23.0 Å². The molecule has 0 radical (unpaired) electrons. The van der Waals surface area contributed by atoms with Gasteiger partial charge in [0.2, 0.25) is 0 Å². The molecule has 2 aromatic heterocycles. The molecule has 0 fully saturated rings. The Bertz CT molecular complexity index is 497.